The Morgan fingerprint density at radius 2 is 1.82 bits per heavy atom. The van der Waals surface area contributed by atoms with Gasteiger partial charge in [0.25, 0.3) is 0 Å². The van der Waals surface area contributed by atoms with Gasteiger partial charge in [-0.25, -0.2) is 22.0 Å². The topological polar surface area (TPSA) is 146 Å². The first kappa shape index (κ1) is 32.7. The molecular formula is C31H34ClF2N5O5S. The highest BCUT2D eigenvalue weighted by Gasteiger charge is 2.47. The van der Waals surface area contributed by atoms with E-state index in [2.05, 4.69) is 10.3 Å². The zero-order valence-electron chi connectivity index (χ0n) is 24.4. The van der Waals surface area contributed by atoms with Crippen LogP contribution in [-0.4, -0.2) is 76.2 Å². The van der Waals surface area contributed by atoms with Gasteiger partial charge in [0.05, 0.1) is 29.4 Å². The van der Waals surface area contributed by atoms with E-state index >= 15 is 4.39 Å². The lowest BCUT2D eigenvalue weighted by Gasteiger charge is -2.44. The molecule has 1 aliphatic carbocycles. The van der Waals surface area contributed by atoms with Crippen molar-refractivity contribution in [3.63, 3.8) is 0 Å². The summed E-state index contributed by atoms with van der Waals surface area (Å²) in [6, 6.07) is 9.78. The lowest BCUT2D eigenvalue weighted by Crippen LogP contribution is -2.61. The number of benzene rings is 2. The molecule has 2 unspecified atom stereocenters. The number of anilines is 1. The summed E-state index contributed by atoms with van der Waals surface area (Å²) in [6.45, 7) is 1.62. The molecule has 10 nitrogen and oxygen atoms in total. The molecule has 14 heteroatoms. The van der Waals surface area contributed by atoms with Gasteiger partial charge in [0.2, 0.25) is 15.9 Å². The third-order valence-electron chi connectivity index (χ3n) is 8.31. The normalized spacial score (nSPS) is 20.4. The predicted molar refractivity (Wildman–Crippen MR) is 165 cm³/mol. The maximum absolute atomic E-state index is 15.2. The minimum absolute atomic E-state index is 0.0226. The summed E-state index contributed by atoms with van der Waals surface area (Å²) in [5, 5.41) is 12.3. The number of carbonyl (C=O) groups excluding carboxylic acids is 1. The molecule has 3 aromatic rings. The number of carboxylic acid groups (broad SMARTS) is 1. The number of halogens is 3. The van der Waals surface area contributed by atoms with Crippen LogP contribution in [0.1, 0.15) is 48.8 Å². The van der Waals surface area contributed by atoms with Gasteiger partial charge in [-0.2, -0.15) is 4.31 Å². The second kappa shape index (κ2) is 13.4. The van der Waals surface area contributed by atoms with Crippen molar-refractivity contribution in [2.24, 2.45) is 5.73 Å². The average molecular weight is 662 g/mol. The van der Waals surface area contributed by atoms with E-state index in [0.29, 0.717) is 29.0 Å². The van der Waals surface area contributed by atoms with Crippen molar-refractivity contribution in [2.45, 2.75) is 61.9 Å². The van der Waals surface area contributed by atoms with Crippen LogP contribution >= 0.6 is 11.6 Å². The monoisotopic (exact) mass is 661 g/mol. The molecule has 2 fully saturated rings. The van der Waals surface area contributed by atoms with Crippen molar-refractivity contribution >= 4 is 39.3 Å². The van der Waals surface area contributed by atoms with Gasteiger partial charge < -0.3 is 21.1 Å². The number of hydrogen-bond acceptors (Lipinski definition) is 6. The summed E-state index contributed by atoms with van der Waals surface area (Å²) in [7, 11) is -3.67. The van der Waals surface area contributed by atoms with Crippen LogP contribution in [0.25, 0.3) is 0 Å². The number of amides is 2. The second-order valence-electron chi connectivity index (χ2n) is 11.5. The summed E-state index contributed by atoms with van der Waals surface area (Å²) in [5.41, 5.74) is 7.65. The molecule has 1 saturated carbocycles. The Labute approximate surface area is 265 Å². The maximum atomic E-state index is 15.2. The molecule has 2 heterocycles. The van der Waals surface area contributed by atoms with E-state index in [1.165, 1.54) is 33.6 Å². The van der Waals surface area contributed by atoms with E-state index in [1.807, 2.05) is 0 Å². The standard InChI is InChI=1S/C31H34ClF2N5O5S/c1-18-16-38(31(41)42)17-23(39(18)45(43,44)24-10-11-24)9-12-25-26(34)14-36-15-27(25)37-30(40)29(35)28(19-5-7-21(32)8-6-19)20-3-2-4-22(33)13-20/h2-8,13-15,18,23-24,28-29H,9-12,16-17,35H2,1H3,(H,37,40)(H,41,42)/t18?,23?,28-,29-/m0/s1. The molecule has 0 radical (unpaired) electrons. The van der Waals surface area contributed by atoms with Crippen LogP contribution in [0, 0.1) is 11.6 Å². The van der Waals surface area contributed by atoms with E-state index in [1.54, 1.807) is 37.3 Å². The molecule has 0 spiro atoms. The summed E-state index contributed by atoms with van der Waals surface area (Å²) in [5.74, 6) is -2.70. The summed E-state index contributed by atoms with van der Waals surface area (Å²) >= 11 is 6.06. The molecule has 240 valence electrons. The van der Waals surface area contributed by atoms with Crippen LogP contribution in [0.2, 0.25) is 5.02 Å². The Morgan fingerprint density at radius 1 is 1.11 bits per heavy atom. The van der Waals surface area contributed by atoms with Gasteiger partial charge >= 0.3 is 6.09 Å². The van der Waals surface area contributed by atoms with Gasteiger partial charge in [-0.1, -0.05) is 35.9 Å². The number of nitrogens with zero attached hydrogens (tertiary/aromatic N) is 3. The van der Waals surface area contributed by atoms with Crippen LogP contribution in [0.3, 0.4) is 0 Å². The van der Waals surface area contributed by atoms with Crippen LogP contribution in [0.15, 0.2) is 60.9 Å². The van der Waals surface area contributed by atoms with Crippen molar-refractivity contribution in [3.8, 4) is 0 Å². The van der Waals surface area contributed by atoms with E-state index in [0.717, 1.165) is 6.20 Å². The molecule has 4 N–H and O–H groups in total. The molecule has 1 aromatic heterocycles. The fourth-order valence-electron chi connectivity index (χ4n) is 6.02. The number of pyridine rings is 1. The van der Waals surface area contributed by atoms with Gasteiger partial charge in [-0.3, -0.25) is 9.78 Å². The largest absolute Gasteiger partial charge is 0.465 e. The average Bonchev–Trinajstić information content (AvgIpc) is 3.84. The quantitative estimate of drug-likeness (QED) is 0.288. The second-order valence-corrected chi connectivity index (χ2v) is 14.1. The number of carbonyl (C=O) groups is 2. The molecule has 2 amide bonds. The van der Waals surface area contributed by atoms with Crippen molar-refractivity contribution in [1.82, 2.24) is 14.2 Å². The van der Waals surface area contributed by atoms with Gasteiger partial charge in [0.1, 0.15) is 11.6 Å². The Bertz CT molecular complexity index is 1680. The molecule has 1 saturated heterocycles. The Balaban J connectivity index is 1.39. The van der Waals surface area contributed by atoms with Gasteiger partial charge in [0.15, 0.2) is 0 Å². The number of nitrogens with one attached hydrogen (secondary N) is 1. The number of aromatic nitrogens is 1. The smallest absolute Gasteiger partial charge is 0.407 e. The SMILES string of the molecule is CC1CN(C(=O)O)CC(CCc2c(F)cncc2NC(=O)[C@@H](N)[C@@H](c2ccc(Cl)cc2)c2cccc(F)c2)N1S(=O)(=O)C1CC1. The molecule has 4 atom stereocenters. The fraction of sp³-hybridized carbons (Fsp3) is 0.387. The predicted octanol–water partition coefficient (Wildman–Crippen LogP) is 4.59. The Hall–Kier alpha value is -3.65. The zero-order valence-corrected chi connectivity index (χ0v) is 26.0. The fourth-order valence-corrected chi connectivity index (χ4v) is 8.38. The summed E-state index contributed by atoms with van der Waals surface area (Å²) in [4.78, 5) is 30.4. The minimum atomic E-state index is -3.67. The Morgan fingerprint density at radius 3 is 2.47 bits per heavy atom. The number of hydrogen-bond donors (Lipinski definition) is 3. The first-order valence-electron chi connectivity index (χ1n) is 14.6. The molecule has 2 aliphatic rings. The van der Waals surface area contributed by atoms with Crippen molar-refractivity contribution < 1.29 is 31.9 Å². The van der Waals surface area contributed by atoms with Crippen molar-refractivity contribution in [3.05, 3.63) is 94.3 Å². The molecule has 1 aliphatic heterocycles. The first-order chi connectivity index (χ1) is 21.4. The first-order valence-corrected chi connectivity index (χ1v) is 16.4. The highest BCUT2D eigenvalue weighted by Crippen LogP contribution is 2.36. The third-order valence-corrected chi connectivity index (χ3v) is 11.1. The summed E-state index contributed by atoms with van der Waals surface area (Å²) in [6.07, 6.45) is 2.25. The van der Waals surface area contributed by atoms with Crippen molar-refractivity contribution in [1.29, 1.82) is 0 Å². The number of nitrogens with two attached hydrogens (primary N) is 1. The zero-order chi connectivity index (χ0) is 32.5. The number of rotatable bonds is 10. The van der Waals surface area contributed by atoms with Crippen LogP contribution in [0.5, 0.6) is 0 Å². The molecule has 2 aromatic carbocycles. The minimum Gasteiger partial charge on any atom is -0.465 e. The lowest BCUT2D eigenvalue weighted by molar-refractivity contribution is -0.117. The summed E-state index contributed by atoms with van der Waals surface area (Å²) < 4.78 is 57.5. The molecular weight excluding hydrogens is 628 g/mol. The molecule has 45 heavy (non-hydrogen) atoms. The van der Waals surface area contributed by atoms with E-state index in [4.69, 9.17) is 17.3 Å². The van der Waals surface area contributed by atoms with Crippen LogP contribution < -0.4 is 11.1 Å². The van der Waals surface area contributed by atoms with Crippen LogP contribution in [-0.2, 0) is 21.2 Å². The maximum Gasteiger partial charge on any atom is 0.407 e. The van der Waals surface area contributed by atoms with E-state index in [9.17, 15) is 27.5 Å². The highest BCUT2D eigenvalue weighted by atomic mass is 35.5. The molecule has 0 bridgehead atoms. The molecule has 5 rings (SSSR count). The van der Waals surface area contributed by atoms with Gasteiger partial charge in [-0.15, -0.1) is 0 Å². The lowest BCUT2D eigenvalue weighted by atomic mass is 9.85. The van der Waals surface area contributed by atoms with Crippen LogP contribution in [0.4, 0.5) is 19.3 Å². The van der Waals surface area contributed by atoms with E-state index < -0.39 is 63.0 Å². The van der Waals surface area contributed by atoms with E-state index in [-0.39, 0.29) is 37.2 Å². The number of piperazine rings is 1. The van der Waals surface area contributed by atoms with Crippen molar-refractivity contribution in [2.75, 3.05) is 18.4 Å². The van der Waals surface area contributed by atoms with Gasteiger partial charge in [-0.05, 0) is 68.0 Å². The third kappa shape index (κ3) is 7.27. The van der Waals surface area contributed by atoms with Gasteiger partial charge in [0, 0.05) is 41.7 Å². The highest BCUT2D eigenvalue weighted by molar-refractivity contribution is 7.90. The number of sulfonamides is 1. The Kier molecular flexibility index (Phi) is 9.73.